The smallest absolute Gasteiger partial charge is 0.246 e. The molecule has 0 aromatic heterocycles. The fraction of sp³-hybridized carbons (Fsp3) is 0.609. The fourth-order valence-electron chi connectivity index (χ4n) is 4.12. The van der Waals surface area contributed by atoms with Gasteiger partial charge in [0.1, 0.15) is 11.3 Å². The minimum Gasteiger partial charge on any atom is -0.508 e. The summed E-state index contributed by atoms with van der Waals surface area (Å²) in [5.41, 5.74) is 0.990. The molecule has 8 heteroatoms. The van der Waals surface area contributed by atoms with Crippen LogP contribution in [0.2, 0.25) is 0 Å². The van der Waals surface area contributed by atoms with E-state index in [4.69, 9.17) is 5.21 Å². The molecule has 0 aliphatic heterocycles. The second-order valence-electron chi connectivity index (χ2n) is 8.66. The number of aromatic hydroxyl groups is 1. The standard InChI is InChI=1S/C23H35N3O5/c1-23(16-21(29)26-31,22(30)24-15-14-18-10-12-19(27)13-11-18)25-20(28)9-5-8-17-6-3-2-4-7-17/h10-13,17,27,31H,2-9,14-16H2,1H3,(H,24,30)(H,25,28)(H,26,29)/t23-/m0/s1. The zero-order chi connectivity index (χ0) is 22.7. The number of hydroxylamine groups is 1. The maximum absolute atomic E-state index is 12.8. The second kappa shape index (κ2) is 12.3. The van der Waals surface area contributed by atoms with Crippen molar-refractivity contribution in [1.29, 1.82) is 0 Å². The number of benzene rings is 1. The molecule has 0 bridgehead atoms. The van der Waals surface area contributed by atoms with E-state index in [9.17, 15) is 19.5 Å². The molecule has 2 rings (SSSR count). The fourth-order valence-corrected chi connectivity index (χ4v) is 4.12. The Morgan fingerprint density at radius 1 is 1.06 bits per heavy atom. The molecule has 5 N–H and O–H groups in total. The number of nitrogens with one attached hydrogen (secondary N) is 3. The molecule has 1 fully saturated rings. The zero-order valence-corrected chi connectivity index (χ0v) is 18.3. The van der Waals surface area contributed by atoms with Gasteiger partial charge in [-0.05, 0) is 49.8 Å². The summed E-state index contributed by atoms with van der Waals surface area (Å²) in [6.07, 6.45) is 8.47. The predicted octanol–water partition coefficient (Wildman–Crippen LogP) is 2.57. The van der Waals surface area contributed by atoms with Gasteiger partial charge in [-0.2, -0.15) is 0 Å². The normalized spacial score (nSPS) is 16.2. The SMILES string of the molecule is C[C@@](CC(=O)NO)(NC(=O)CCCC1CCCCC1)C(=O)NCCc1ccc(O)cc1. The van der Waals surface area contributed by atoms with Crippen LogP contribution in [-0.2, 0) is 20.8 Å². The molecule has 0 heterocycles. The largest absolute Gasteiger partial charge is 0.508 e. The molecule has 1 aromatic rings. The molecule has 1 aliphatic rings. The lowest BCUT2D eigenvalue weighted by Crippen LogP contribution is -2.58. The van der Waals surface area contributed by atoms with Crippen LogP contribution in [0.15, 0.2) is 24.3 Å². The van der Waals surface area contributed by atoms with Gasteiger partial charge in [-0.1, -0.05) is 44.2 Å². The number of amides is 3. The molecule has 1 aromatic carbocycles. The lowest BCUT2D eigenvalue weighted by molar-refractivity contribution is -0.139. The van der Waals surface area contributed by atoms with Crippen molar-refractivity contribution < 1.29 is 24.7 Å². The topological polar surface area (TPSA) is 128 Å². The summed E-state index contributed by atoms with van der Waals surface area (Å²) in [4.78, 5) is 37.0. The highest BCUT2D eigenvalue weighted by Crippen LogP contribution is 2.27. The van der Waals surface area contributed by atoms with E-state index in [1.54, 1.807) is 24.3 Å². The molecule has 172 valence electrons. The highest BCUT2D eigenvalue weighted by molar-refractivity contribution is 5.95. The van der Waals surface area contributed by atoms with Crippen LogP contribution in [0.25, 0.3) is 0 Å². The summed E-state index contributed by atoms with van der Waals surface area (Å²) in [5, 5.41) is 23.7. The molecular weight excluding hydrogens is 398 g/mol. The van der Waals surface area contributed by atoms with Crippen molar-refractivity contribution in [2.45, 2.75) is 76.7 Å². The van der Waals surface area contributed by atoms with Crippen LogP contribution in [0.5, 0.6) is 5.75 Å². The molecule has 3 amide bonds. The monoisotopic (exact) mass is 433 g/mol. The number of carbonyl (C=O) groups is 3. The van der Waals surface area contributed by atoms with Gasteiger partial charge >= 0.3 is 0 Å². The van der Waals surface area contributed by atoms with Gasteiger partial charge in [0.05, 0.1) is 6.42 Å². The number of phenols is 1. The van der Waals surface area contributed by atoms with E-state index in [-0.39, 0.29) is 18.1 Å². The van der Waals surface area contributed by atoms with Gasteiger partial charge in [0.15, 0.2) is 0 Å². The number of rotatable bonds is 11. The molecule has 0 unspecified atom stereocenters. The highest BCUT2D eigenvalue weighted by atomic mass is 16.5. The number of carbonyl (C=O) groups excluding carboxylic acids is 3. The van der Waals surface area contributed by atoms with E-state index >= 15 is 0 Å². The Morgan fingerprint density at radius 3 is 2.39 bits per heavy atom. The van der Waals surface area contributed by atoms with E-state index in [1.807, 2.05) is 0 Å². The van der Waals surface area contributed by atoms with Crippen molar-refractivity contribution in [3.63, 3.8) is 0 Å². The third kappa shape index (κ3) is 8.57. The molecule has 1 atom stereocenters. The van der Waals surface area contributed by atoms with Crippen LogP contribution >= 0.6 is 0 Å². The maximum Gasteiger partial charge on any atom is 0.246 e. The molecular formula is C23H35N3O5. The van der Waals surface area contributed by atoms with Crippen molar-refractivity contribution in [1.82, 2.24) is 16.1 Å². The van der Waals surface area contributed by atoms with Crippen LogP contribution in [-0.4, -0.2) is 40.1 Å². The molecule has 8 nitrogen and oxygen atoms in total. The molecule has 0 spiro atoms. The average molecular weight is 434 g/mol. The lowest BCUT2D eigenvalue weighted by atomic mass is 9.86. The Bertz CT molecular complexity index is 731. The first-order chi connectivity index (χ1) is 14.8. The van der Waals surface area contributed by atoms with Crippen LogP contribution in [0.3, 0.4) is 0 Å². The zero-order valence-electron chi connectivity index (χ0n) is 18.3. The van der Waals surface area contributed by atoms with Crippen molar-refractivity contribution >= 4 is 17.7 Å². The first kappa shape index (κ1) is 24.7. The number of hydrogen-bond donors (Lipinski definition) is 5. The summed E-state index contributed by atoms with van der Waals surface area (Å²) in [7, 11) is 0. The van der Waals surface area contributed by atoms with Gasteiger partial charge in [0.2, 0.25) is 17.7 Å². The van der Waals surface area contributed by atoms with E-state index in [0.717, 1.165) is 18.4 Å². The second-order valence-corrected chi connectivity index (χ2v) is 8.66. The van der Waals surface area contributed by atoms with E-state index < -0.39 is 17.4 Å². The third-order valence-corrected chi connectivity index (χ3v) is 5.93. The molecule has 0 radical (unpaired) electrons. The van der Waals surface area contributed by atoms with Gasteiger partial charge in [-0.3, -0.25) is 19.6 Å². The van der Waals surface area contributed by atoms with Gasteiger partial charge in [0.25, 0.3) is 0 Å². The van der Waals surface area contributed by atoms with Crippen molar-refractivity contribution in [3.8, 4) is 5.75 Å². The third-order valence-electron chi connectivity index (χ3n) is 5.93. The average Bonchev–Trinajstić information content (AvgIpc) is 2.75. The van der Waals surface area contributed by atoms with Crippen molar-refractivity contribution in [2.24, 2.45) is 5.92 Å². The molecule has 1 aliphatic carbocycles. The highest BCUT2D eigenvalue weighted by Gasteiger charge is 2.37. The van der Waals surface area contributed by atoms with Gasteiger partial charge in [0, 0.05) is 13.0 Å². The Balaban J connectivity index is 1.86. The van der Waals surface area contributed by atoms with Crippen molar-refractivity contribution in [2.75, 3.05) is 6.54 Å². The lowest BCUT2D eigenvalue weighted by Gasteiger charge is -2.29. The van der Waals surface area contributed by atoms with Crippen LogP contribution < -0.4 is 16.1 Å². The van der Waals surface area contributed by atoms with Gasteiger partial charge in [-0.15, -0.1) is 0 Å². The first-order valence-corrected chi connectivity index (χ1v) is 11.1. The minimum atomic E-state index is -1.47. The van der Waals surface area contributed by atoms with Crippen LogP contribution in [0.4, 0.5) is 0 Å². The number of phenolic OH excluding ortho intramolecular Hbond substituents is 1. The Kier molecular flexibility index (Phi) is 9.78. The van der Waals surface area contributed by atoms with Crippen LogP contribution in [0.1, 0.15) is 70.3 Å². The summed E-state index contributed by atoms with van der Waals surface area (Å²) in [5.74, 6) is -0.676. The summed E-state index contributed by atoms with van der Waals surface area (Å²) < 4.78 is 0. The Labute approximate surface area is 183 Å². The van der Waals surface area contributed by atoms with Gasteiger partial charge < -0.3 is 15.7 Å². The Hall–Kier alpha value is -2.61. The molecule has 1 saturated carbocycles. The number of hydrogen-bond acceptors (Lipinski definition) is 5. The van der Waals surface area contributed by atoms with E-state index in [2.05, 4.69) is 10.6 Å². The molecule has 31 heavy (non-hydrogen) atoms. The minimum absolute atomic E-state index is 0.168. The van der Waals surface area contributed by atoms with E-state index in [1.165, 1.54) is 44.5 Å². The van der Waals surface area contributed by atoms with Crippen LogP contribution in [0, 0.1) is 5.92 Å². The summed E-state index contributed by atoms with van der Waals surface area (Å²) in [6.45, 7) is 1.79. The first-order valence-electron chi connectivity index (χ1n) is 11.1. The molecule has 0 saturated heterocycles. The van der Waals surface area contributed by atoms with Gasteiger partial charge in [-0.25, -0.2) is 5.48 Å². The predicted molar refractivity (Wildman–Crippen MR) is 116 cm³/mol. The summed E-state index contributed by atoms with van der Waals surface area (Å²) in [6, 6.07) is 6.66. The van der Waals surface area contributed by atoms with E-state index in [0.29, 0.717) is 25.3 Å². The van der Waals surface area contributed by atoms with Crippen molar-refractivity contribution in [3.05, 3.63) is 29.8 Å². The quantitative estimate of drug-likeness (QED) is 0.271. The Morgan fingerprint density at radius 2 is 1.74 bits per heavy atom. The summed E-state index contributed by atoms with van der Waals surface area (Å²) >= 11 is 0. The maximum atomic E-state index is 12.8.